The van der Waals surface area contributed by atoms with Gasteiger partial charge in [0.15, 0.2) is 0 Å². The first-order valence-corrected chi connectivity index (χ1v) is 9.54. The smallest absolute Gasteiger partial charge is 0.318 e. The fourth-order valence-corrected chi connectivity index (χ4v) is 3.50. The second-order valence-electron chi connectivity index (χ2n) is 6.95. The summed E-state index contributed by atoms with van der Waals surface area (Å²) < 4.78 is 0. The van der Waals surface area contributed by atoms with Crippen LogP contribution in [0.15, 0.2) is 54.6 Å². The van der Waals surface area contributed by atoms with Crippen molar-refractivity contribution in [1.29, 1.82) is 0 Å². The lowest BCUT2D eigenvalue weighted by molar-refractivity contribution is -0.134. The number of nitrogens with one attached hydrogen (secondary N) is 1. The molecule has 2 aromatic rings. The molecule has 2 aromatic carbocycles. The summed E-state index contributed by atoms with van der Waals surface area (Å²) in [7, 11) is 0. The highest BCUT2D eigenvalue weighted by Crippen LogP contribution is 2.25. The molecule has 0 aromatic heterocycles. The van der Waals surface area contributed by atoms with Crippen LogP contribution in [0.5, 0.6) is 0 Å². The Labute approximate surface area is 161 Å². The summed E-state index contributed by atoms with van der Waals surface area (Å²) >= 11 is 0. The lowest BCUT2D eigenvalue weighted by Crippen LogP contribution is -2.55. The molecular formula is C22H27N3O2. The molecule has 3 amide bonds. The summed E-state index contributed by atoms with van der Waals surface area (Å²) in [6.07, 6.45) is 0.932. The lowest BCUT2D eigenvalue weighted by Gasteiger charge is -2.35. The highest BCUT2D eigenvalue weighted by Gasteiger charge is 2.28. The van der Waals surface area contributed by atoms with Gasteiger partial charge in [-0.25, -0.2) is 4.79 Å². The van der Waals surface area contributed by atoms with Gasteiger partial charge in [0.2, 0.25) is 5.91 Å². The molecule has 3 rings (SSSR count). The maximum Gasteiger partial charge on any atom is 0.318 e. The first-order chi connectivity index (χ1) is 13.1. The Morgan fingerprint density at radius 3 is 2.44 bits per heavy atom. The molecule has 0 spiro atoms. The zero-order chi connectivity index (χ0) is 19.2. The second-order valence-corrected chi connectivity index (χ2v) is 6.95. The maximum absolute atomic E-state index is 12.9. The number of urea groups is 1. The Balaban J connectivity index is 1.78. The lowest BCUT2D eigenvalue weighted by atomic mass is 9.95. The molecule has 1 atom stereocenters. The highest BCUT2D eigenvalue weighted by atomic mass is 16.2. The number of amides is 3. The number of rotatable bonds is 5. The molecule has 1 fully saturated rings. The number of hydrogen-bond acceptors (Lipinski definition) is 2. The van der Waals surface area contributed by atoms with E-state index in [0.717, 1.165) is 29.7 Å². The van der Waals surface area contributed by atoms with Gasteiger partial charge in [0.1, 0.15) is 6.54 Å². The summed E-state index contributed by atoms with van der Waals surface area (Å²) in [5.41, 5.74) is 3.21. The number of benzene rings is 2. The van der Waals surface area contributed by atoms with Gasteiger partial charge in [0.05, 0.1) is 6.04 Å². The van der Waals surface area contributed by atoms with Gasteiger partial charge >= 0.3 is 6.03 Å². The molecule has 1 aliphatic heterocycles. The molecule has 0 radical (unpaired) electrons. The molecule has 0 aliphatic carbocycles. The van der Waals surface area contributed by atoms with E-state index in [4.69, 9.17) is 0 Å². The topological polar surface area (TPSA) is 52.6 Å². The van der Waals surface area contributed by atoms with E-state index in [1.807, 2.05) is 66.4 Å². The molecule has 1 heterocycles. The maximum atomic E-state index is 12.9. The predicted octanol–water partition coefficient (Wildman–Crippen LogP) is 3.35. The van der Waals surface area contributed by atoms with E-state index in [-0.39, 0.29) is 24.5 Å². The van der Waals surface area contributed by atoms with E-state index in [0.29, 0.717) is 13.1 Å². The van der Waals surface area contributed by atoms with Crippen molar-refractivity contribution in [1.82, 2.24) is 15.1 Å². The third-order valence-corrected chi connectivity index (χ3v) is 5.00. The zero-order valence-electron chi connectivity index (χ0n) is 16.0. The summed E-state index contributed by atoms with van der Waals surface area (Å²) in [5, 5.41) is 3.14. The first kappa shape index (κ1) is 19.0. The minimum absolute atomic E-state index is 0.0189. The number of hydrogen-bond donors (Lipinski definition) is 1. The van der Waals surface area contributed by atoms with Crippen molar-refractivity contribution in [3.8, 4) is 0 Å². The van der Waals surface area contributed by atoms with Gasteiger partial charge in [-0.05, 0) is 30.0 Å². The normalized spacial score (nSPS) is 15.6. The standard InChI is InChI=1S/C22H27N3O2/c1-3-13-24-14-15-25(16-20(24)26)22(27)23-21(18-10-5-4-6-11-18)19-12-8-7-9-17(19)2/h4-12,21H,3,13-16H2,1-2H3,(H,23,27). The van der Waals surface area contributed by atoms with Crippen molar-refractivity contribution in [2.24, 2.45) is 0 Å². The molecule has 1 saturated heterocycles. The summed E-state index contributed by atoms with van der Waals surface area (Å²) in [6, 6.07) is 17.6. The van der Waals surface area contributed by atoms with Gasteiger partial charge in [-0.15, -0.1) is 0 Å². The molecule has 0 saturated carbocycles. The molecule has 5 heteroatoms. The molecule has 1 unspecified atom stereocenters. The van der Waals surface area contributed by atoms with Crippen LogP contribution in [0.25, 0.3) is 0 Å². The first-order valence-electron chi connectivity index (χ1n) is 9.54. The average molecular weight is 365 g/mol. The second kappa shape index (κ2) is 8.71. The van der Waals surface area contributed by atoms with E-state index in [2.05, 4.69) is 12.2 Å². The van der Waals surface area contributed by atoms with Crippen LogP contribution in [0, 0.1) is 6.92 Å². The van der Waals surface area contributed by atoms with Gasteiger partial charge in [-0.3, -0.25) is 4.79 Å². The molecule has 27 heavy (non-hydrogen) atoms. The number of aryl methyl sites for hydroxylation is 1. The molecule has 0 bridgehead atoms. The van der Waals surface area contributed by atoms with E-state index in [9.17, 15) is 9.59 Å². The minimum Gasteiger partial charge on any atom is -0.339 e. The van der Waals surface area contributed by atoms with Crippen LogP contribution in [0.3, 0.4) is 0 Å². The third-order valence-electron chi connectivity index (χ3n) is 5.00. The van der Waals surface area contributed by atoms with Crippen LogP contribution in [0.1, 0.15) is 36.1 Å². The SMILES string of the molecule is CCCN1CCN(C(=O)NC(c2ccccc2)c2ccccc2C)CC1=O. The van der Waals surface area contributed by atoms with Crippen LogP contribution >= 0.6 is 0 Å². The summed E-state index contributed by atoms with van der Waals surface area (Å²) in [6.45, 7) is 6.15. The van der Waals surface area contributed by atoms with Gasteiger partial charge in [0, 0.05) is 19.6 Å². The zero-order valence-corrected chi connectivity index (χ0v) is 16.0. The largest absolute Gasteiger partial charge is 0.339 e. The van der Waals surface area contributed by atoms with Crippen molar-refractivity contribution >= 4 is 11.9 Å². The van der Waals surface area contributed by atoms with Crippen LogP contribution < -0.4 is 5.32 Å². The fraction of sp³-hybridized carbons (Fsp3) is 0.364. The van der Waals surface area contributed by atoms with Crippen molar-refractivity contribution in [2.75, 3.05) is 26.2 Å². The molecule has 1 N–H and O–H groups in total. The number of carbonyl (C=O) groups excluding carboxylic acids is 2. The number of nitrogens with zero attached hydrogens (tertiary/aromatic N) is 2. The molecule has 5 nitrogen and oxygen atoms in total. The van der Waals surface area contributed by atoms with Crippen LogP contribution in [0.2, 0.25) is 0 Å². The van der Waals surface area contributed by atoms with E-state index >= 15 is 0 Å². The summed E-state index contributed by atoms with van der Waals surface area (Å²) in [5.74, 6) is 0.0189. The van der Waals surface area contributed by atoms with Gasteiger partial charge in [-0.2, -0.15) is 0 Å². The summed E-state index contributed by atoms with van der Waals surface area (Å²) in [4.78, 5) is 28.7. The van der Waals surface area contributed by atoms with Crippen molar-refractivity contribution in [2.45, 2.75) is 26.3 Å². The number of carbonyl (C=O) groups is 2. The van der Waals surface area contributed by atoms with Crippen molar-refractivity contribution < 1.29 is 9.59 Å². The quantitative estimate of drug-likeness (QED) is 0.883. The molecule has 142 valence electrons. The van der Waals surface area contributed by atoms with Crippen molar-refractivity contribution in [3.63, 3.8) is 0 Å². The Bertz CT molecular complexity index is 791. The van der Waals surface area contributed by atoms with Crippen LogP contribution in [0.4, 0.5) is 4.79 Å². The average Bonchev–Trinajstić information content (AvgIpc) is 2.69. The molecule has 1 aliphatic rings. The van der Waals surface area contributed by atoms with Gasteiger partial charge < -0.3 is 15.1 Å². The minimum atomic E-state index is -0.247. The van der Waals surface area contributed by atoms with E-state index < -0.39 is 0 Å². The van der Waals surface area contributed by atoms with Gasteiger partial charge in [-0.1, -0.05) is 61.5 Å². The van der Waals surface area contributed by atoms with E-state index in [1.54, 1.807) is 4.90 Å². The fourth-order valence-electron chi connectivity index (χ4n) is 3.50. The van der Waals surface area contributed by atoms with Gasteiger partial charge in [0.25, 0.3) is 0 Å². The number of piperazine rings is 1. The van der Waals surface area contributed by atoms with Crippen LogP contribution in [-0.2, 0) is 4.79 Å². The Kier molecular flexibility index (Phi) is 6.12. The molecular weight excluding hydrogens is 338 g/mol. The third kappa shape index (κ3) is 4.48. The highest BCUT2D eigenvalue weighted by molar-refractivity contribution is 5.85. The Morgan fingerprint density at radius 1 is 1.07 bits per heavy atom. The van der Waals surface area contributed by atoms with E-state index in [1.165, 1.54) is 0 Å². The Hall–Kier alpha value is -2.82. The van der Waals surface area contributed by atoms with Crippen LogP contribution in [-0.4, -0.2) is 47.9 Å². The monoisotopic (exact) mass is 365 g/mol. The Morgan fingerprint density at radius 2 is 1.78 bits per heavy atom. The predicted molar refractivity (Wildman–Crippen MR) is 106 cm³/mol. The van der Waals surface area contributed by atoms with Crippen molar-refractivity contribution in [3.05, 3.63) is 71.3 Å².